The summed E-state index contributed by atoms with van der Waals surface area (Å²) in [6, 6.07) is 0. The Bertz CT molecular complexity index is 265. The van der Waals surface area contributed by atoms with Gasteiger partial charge in [0, 0.05) is 18.8 Å². The highest BCUT2D eigenvalue weighted by molar-refractivity contribution is 6.18. The molecule has 1 saturated heterocycles. The summed E-state index contributed by atoms with van der Waals surface area (Å²) in [6.45, 7) is 3.51. The summed E-state index contributed by atoms with van der Waals surface area (Å²) in [6.07, 6.45) is 0.361. The lowest BCUT2D eigenvalue weighted by Crippen LogP contribution is -2.50. The van der Waals surface area contributed by atoms with Gasteiger partial charge in [-0.15, -0.1) is 11.6 Å². The van der Waals surface area contributed by atoms with Crippen LogP contribution in [-0.4, -0.2) is 39.8 Å². The van der Waals surface area contributed by atoms with Gasteiger partial charge in [0.15, 0.2) is 0 Å². The molecule has 80 valence electrons. The van der Waals surface area contributed by atoms with Crippen molar-refractivity contribution < 1.29 is 14.7 Å². The smallest absolute Gasteiger partial charge is 0.329 e. The van der Waals surface area contributed by atoms with Crippen molar-refractivity contribution in [1.82, 2.24) is 4.90 Å². The van der Waals surface area contributed by atoms with Crippen LogP contribution in [0.2, 0.25) is 0 Å². The highest BCUT2D eigenvalue weighted by atomic mass is 35.5. The van der Waals surface area contributed by atoms with Crippen molar-refractivity contribution in [2.45, 2.75) is 25.8 Å². The fraction of sp³-hybridized carbons (Fsp3) is 0.778. The molecule has 1 fully saturated rings. The van der Waals surface area contributed by atoms with Gasteiger partial charge in [0.2, 0.25) is 5.91 Å². The average Bonchev–Trinajstić information content (AvgIpc) is 2.47. The standard InChI is InChI=1S/C9H14ClNO3/c1-9(2,8(13)14)11-5-6(4-10)3-7(11)12/h6H,3-5H2,1-2H3,(H,13,14). The van der Waals surface area contributed by atoms with Crippen LogP contribution in [0.1, 0.15) is 20.3 Å². The van der Waals surface area contributed by atoms with E-state index in [1.807, 2.05) is 0 Å². The Morgan fingerprint density at radius 1 is 1.71 bits per heavy atom. The molecule has 1 rings (SSSR count). The molecule has 1 unspecified atom stereocenters. The summed E-state index contributed by atoms with van der Waals surface area (Å²) < 4.78 is 0. The zero-order valence-electron chi connectivity index (χ0n) is 8.29. The Labute approximate surface area is 87.8 Å². The minimum absolute atomic E-state index is 0.0859. The van der Waals surface area contributed by atoms with E-state index in [-0.39, 0.29) is 11.8 Å². The van der Waals surface area contributed by atoms with Gasteiger partial charge in [-0.2, -0.15) is 0 Å². The number of halogens is 1. The predicted molar refractivity (Wildman–Crippen MR) is 52.3 cm³/mol. The summed E-state index contributed by atoms with van der Waals surface area (Å²) in [7, 11) is 0. The topological polar surface area (TPSA) is 57.6 Å². The van der Waals surface area contributed by atoms with Crippen molar-refractivity contribution in [2.24, 2.45) is 5.92 Å². The lowest BCUT2D eigenvalue weighted by molar-refractivity contribution is -0.154. The van der Waals surface area contributed by atoms with Crippen molar-refractivity contribution in [3.63, 3.8) is 0 Å². The molecule has 0 bridgehead atoms. The molecule has 4 nitrogen and oxygen atoms in total. The van der Waals surface area contributed by atoms with Crippen molar-refractivity contribution in [3.05, 3.63) is 0 Å². The third kappa shape index (κ3) is 1.85. The number of rotatable bonds is 3. The summed E-state index contributed by atoms with van der Waals surface area (Å²) >= 11 is 5.64. The second-order valence-corrected chi connectivity index (χ2v) is 4.40. The number of carboxylic acid groups (broad SMARTS) is 1. The average molecular weight is 220 g/mol. The lowest BCUT2D eigenvalue weighted by Gasteiger charge is -2.31. The predicted octanol–water partition coefficient (Wildman–Crippen LogP) is 0.937. The normalized spacial score (nSPS) is 22.9. The second-order valence-electron chi connectivity index (χ2n) is 4.09. The van der Waals surface area contributed by atoms with Crippen molar-refractivity contribution >= 4 is 23.5 Å². The van der Waals surface area contributed by atoms with Crippen LogP contribution in [0.3, 0.4) is 0 Å². The summed E-state index contributed by atoms with van der Waals surface area (Å²) in [5, 5.41) is 8.95. The molecule has 14 heavy (non-hydrogen) atoms. The number of hydrogen-bond donors (Lipinski definition) is 1. The molecule has 0 aromatic rings. The van der Waals surface area contributed by atoms with Crippen LogP contribution in [0.4, 0.5) is 0 Å². The Hall–Kier alpha value is -0.770. The second kappa shape index (κ2) is 3.77. The minimum atomic E-state index is -1.13. The molecule has 0 spiro atoms. The number of alkyl halides is 1. The first-order valence-corrected chi connectivity index (χ1v) is 5.03. The third-order valence-corrected chi connectivity index (χ3v) is 3.06. The van der Waals surface area contributed by atoms with Gasteiger partial charge in [0.25, 0.3) is 0 Å². The first-order chi connectivity index (χ1) is 6.39. The van der Waals surface area contributed by atoms with Crippen LogP contribution in [-0.2, 0) is 9.59 Å². The molecule has 1 aliphatic heterocycles. The number of carbonyl (C=O) groups excluding carboxylic acids is 1. The van der Waals surface area contributed by atoms with Crippen LogP contribution >= 0.6 is 11.6 Å². The maximum Gasteiger partial charge on any atom is 0.329 e. The van der Waals surface area contributed by atoms with Crippen LogP contribution in [0, 0.1) is 5.92 Å². The van der Waals surface area contributed by atoms with Gasteiger partial charge in [-0.1, -0.05) is 0 Å². The van der Waals surface area contributed by atoms with E-state index in [2.05, 4.69) is 0 Å². The molecule has 0 aliphatic carbocycles. The SMILES string of the molecule is CC(C)(C(=O)O)N1CC(CCl)CC1=O. The number of nitrogens with zero attached hydrogens (tertiary/aromatic N) is 1. The Balaban J connectivity index is 2.80. The van der Waals surface area contributed by atoms with E-state index >= 15 is 0 Å². The molecule has 1 amide bonds. The molecule has 1 atom stereocenters. The molecular weight excluding hydrogens is 206 g/mol. The molecule has 1 N–H and O–H groups in total. The highest BCUT2D eigenvalue weighted by Crippen LogP contribution is 2.26. The number of likely N-dealkylation sites (tertiary alicyclic amines) is 1. The van der Waals surface area contributed by atoms with E-state index in [0.717, 1.165) is 0 Å². The highest BCUT2D eigenvalue weighted by Gasteiger charge is 2.42. The van der Waals surface area contributed by atoms with E-state index in [1.165, 1.54) is 18.7 Å². The zero-order chi connectivity index (χ0) is 10.9. The monoisotopic (exact) mass is 219 g/mol. The van der Waals surface area contributed by atoms with Gasteiger partial charge in [-0.25, -0.2) is 4.79 Å². The van der Waals surface area contributed by atoms with Gasteiger partial charge >= 0.3 is 5.97 Å². The van der Waals surface area contributed by atoms with Crippen LogP contribution in [0.25, 0.3) is 0 Å². The Morgan fingerprint density at radius 2 is 2.29 bits per heavy atom. The van der Waals surface area contributed by atoms with E-state index in [0.29, 0.717) is 18.8 Å². The number of amides is 1. The van der Waals surface area contributed by atoms with Crippen LogP contribution in [0.15, 0.2) is 0 Å². The summed E-state index contributed by atoms with van der Waals surface area (Å²) in [5.41, 5.74) is -1.13. The molecule has 0 radical (unpaired) electrons. The van der Waals surface area contributed by atoms with Gasteiger partial charge in [0.05, 0.1) is 0 Å². The minimum Gasteiger partial charge on any atom is -0.480 e. The lowest BCUT2D eigenvalue weighted by atomic mass is 10.0. The van der Waals surface area contributed by atoms with Crippen LogP contribution < -0.4 is 0 Å². The largest absolute Gasteiger partial charge is 0.480 e. The first-order valence-electron chi connectivity index (χ1n) is 4.49. The number of carboxylic acids is 1. The number of carbonyl (C=O) groups is 2. The number of hydrogen-bond acceptors (Lipinski definition) is 2. The van der Waals surface area contributed by atoms with Gasteiger partial charge in [-0.3, -0.25) is 4.79 Å². The maximum absolute atomic E-state index is 11.5. The van der Waals surface area contributed by atoms with E-state index < -0.39 is 11.5 Å². The Kier molecular flexibility index (Phi) is 3.04. The molecular formula is C9H14ClNO3. The number of aliphatic carboxylic acids is 1. The van der Waals surface area contributed by atoms with Gasteiger partial charge in [-0.05, 0) is 19.8 Å². The molecule has 0 aromatic heterocycles. The third-order valence-electron chi connectivity index (χ3n) is 2.62. The van der Waals surface area contributed by atoms with E-state index in [1.54, 1.807) is 0 Å². The first kappa shape index (κ1) is 11.3. The maximum atomic E-state index is 11.5. The van der Waals surface area contributed by atoms with E-state index in [9.17, 15) is 9.59 Å². The molecule has 0 saturated carbocycles. The van der Waals surface area contributed by atoms with E-state index in [4.69, 9.17) is 16.7 Å². The van der Waals surface area contributed by atoms with Crippen LogP contribution in [0.5, 0.6) is 0 Å². The van der Waals surface area contributed by atoms with Crippen molar-refractivity contribution in [1.29, 1.82) is 0 Å². The summed E-state index contributed by atoms with van der Waals surface area (Å²) in [4.78, 5) is 23.8. The fourth-order valence-corrected chi connectivity index (χ4v) is 1.75. The Morgan fingerprint density at radius 3 is 2.64 bits per heavy atom. The summed E-state index contributed by atoms with van der Waals surface area (Å²) in [5.74, 6) is -0.621. The molecule has 0 aromatic carbocycles. The molecule has 1 heterocycles. The fourth-order valence-electron chi connectivity index (χ4n) is 1.54. The van der Waals surface area contributed by atoms with Gasteiger partial charge in [0.1, 0.15) is 5.54 Å². The quantitative estimate of drug-likeness (QED) is 0.719. The van der Waals surface area contributed by atoms with Crippen molar-refractivity contribution in [3.8, 4) is 0 Å². The van der Waals surface area contributed by atoms with Gasteiger partial charge < -0.3 is 10.0 Å². The zero-order valence-corrected chi connectivity index (χ0v) is 9.04. The van der Waals surface area contributed by atoms with Crippen molar-refractivity contribution in [2.75, 3.05) is 12.4 Å². The molecule has 5 heteroatoms. The molecule has 1 aliphatic rings.